The van der Waals surface area contributed by atoms with Crippen molar-refractivity contribution >= 4 is 11.8 Å². The maximum Gasteiger partial charge on any atom is 0.0487 e. The first-order chi connectivity index (χ1) is 8.38. The van der Waals surface area contributed by atoms with Gasteiger partial charge < -0.3 is 14.8 Å². The second-order valence-electron chi connectivity index (χ2n) is 4.61. The van der Waals surface area contributed by atoms with Gasteiger partial charge in [-0.3, -0.25) is 0 Å². The fourth-order valence-electron chi connectivity index (χ4n) is 2.08. The molecule has 2 atom stereocenters. The van der Waals surface area contributed by atoms with Gasteiger partial charge in [0, 0.05) is 38.7 Å². The molecule has 1 rings (SSSR count). The minimum absolute atomic E-state index is 0.711. The van der Waals surface area contributed by atoms with Crippen molar-refractivity contribution in [3.8, 4) is 0 Å². The van der Waals surface area contributed by atoms with E-state index in [1.54, 1.807) is 7.11 Å². The number of nitrogens with one attached hydrogen (secondary N) is 1. The van der Waals surface area contributed by atoms with Crippen molar-refractivity contribution in [3.05, 3.63) is 0 Å². The second kappa shape index (κ2) is 10.2. The molecule has 0 saturated carbocycles. The van der Waals surface area contributed by atoms with Crippen molar-refractivity contribution in [2.24, 2.45) is 5.92 Å². The summed E-state index contributed by atoms with van der Waals surface area (Å²) < 4.78 is 10.6. The van der Waals surface area contributed by atoms with Crippen LogP contribution in [0, 0.1) is 5.92 Å². The van der Waals surface area contributed by atoms with Crippen molar-refractivity contribution in [2.75, 3.05) is 45.0 Å². The third-order valence-corrected chi connectivity index (χ3v) is 4.38. The molecule has 0 bridgehead atoms. The van der Waals surface area contributed by atoms with E-state index in [0.29, 0.717) is 6.04 Å². The highest BCUT2D eigenvalue weighted by molar-refractivity contribution is 7.99. The molecule has 102 valence electrons. The molecular weight excluding hydrogens is 234 g/mol. The zero-order valence-electron chi connectivity index (χ0n) is 11.2. The molecule has 0 aromatic heterocycles. The van der Waals surface area contributed by atoms with Gasteiger partial charge in [-0.2, -0.15) is 11.8 Å². The Bertz CT molecular complexity index is 181. The summed E-state index contributed by atoms with van der Waals surface area (Å²) in [6, 6.07) is 0.711. The maximum absolute atomic E-state index is 5.63. The van der Waals surface area contributed by atoms with Crippen LogP contribution in [0.3, 0.4) is 0 Å². The molecule has 0 amide bonds. The lowest BCUT2D eigenvalue weighted by Crippen LogP contribution is -2.36. The molecular formula is C13H27NO2S. The molecule has 0 spiro atoms. The highest BCUT2D eigenvalue weighted by Crippen LogP contribution is 2.26. The Morgan fingerprint density at radius 2 is 2.12 bits per heavy atom. The first kappa shape index (κ1) is 15.3. The fraction of sp³-hybridized carbons (Fsp3) is 1.00. The van der Waals surface area contributed by atoms with Crippen molar-refractivity contribution in [1.82, 2.24) is 5.32 Å². The summed E-state index contributed by atoms with van der Waals surface area (Å²) in [6.07, 6.45) is 3.43. The quantitative estimate of drug-likeness (QED) is 0.611. The van der Waals surface area contributed by atoms with Crippen molar-refractivity contribution in [3.63, 3.8) is 0 Å². The van der Waals surface area contributed by atoms with Crippen LogP contribution in [-0.4, -0.2) is 51.0 Å². The third-order valence-electron chi connectivity index (χ3n) is 3.13. The van der Waals surface area contributed by atoms with Crippen molar-refractivity contribution in [2.45, 2.75) is 32.2 Å². The van der Waals surface area contributed by atoms with Gasteiger partial charge in [-0.05, 0) is 37.5 Å². The average Bonchev–Trinajstić information content (AvgIpc) is 2.78. The molecule has 17 heavy (non-hydrogen) atoms. The monoisotopic (exact) mass is 261 g/mol. The van der Waals surface area contributed by atoms with Gasteiger partial charge in [0.2, 0.25) is 0 Å². The Labute approximate surface area is 110 Å². The van der Waals surface area contributed by atoms with Gasteiger partial charge in [-0.15, -0.1) is 0 Å². The number of ether oxygens (including phenoxy) is 2. The molecule has 0 aliphatic carbocycles. The highest BCUT2D eigenvalue weighted by Gasteiger charge is 2.26. The van der Waals surface area contributed by atoms with E-state index >= 15 is 0 Å². The molecule has 1 aliphatic heterocycles. The molecule has 1 saturated heterocycles. The molecule has 1 N–H and O–H groups in total. The van der Waals surface area contributed by atoms with Crippen LogP contribution in [0.25, 0.3) is 0 Å². The van der Waals surface area contributed by atoms with E-state index in [1.165, 1.54) is 24.3 Å². The fourth-order valence-corrected chi connectivity index (χ4v) is 3.56. The lowest BCUT2D eigenvalue weighted by atomic mass is 10.0. The van der Waals surface area contributed by atoms with Crippen molar-refractivity contribution in [1.29, 1.82) is 0 Å². The molecule has 1 aliphatic rings. The van der Waals surface area contributed by atoms with Crippen LogP contribution in [-0.2, 0) is 9.47 Å². The lowest BCUT2D eigenvalue weighted by molar-refractivity contribution is 0.0933. The molecule has 0 aromatic carbocycles. The molecule has 0 radical (unpaired) electrons. The standard InChI is InChI=1S/C13H27NO2S/c1-3-6-14-13-11-17-10-12(13)5-9-16-8-4-7-15-2/h12-14H,3-11H2,1-2H3. The topological polar surface area (TPSA) is 30.5 Å². The minimum Gasteiger partial charge on any atom is -0.385 e. The first-order valence-corrected chi connectivity index (χ1v) is 7.91. The van der Waals surface area contributed by atoms with Crippen LogP contribution >= 0.6 is 11.8 Å². The third kappa shape index (κ3) is 6.65. The number of thioether (sulfide) groups is 1. The van der Waals surface area contributed by atoms with Crippen LogP contribution in [0.5, 0.6) is 0 Å². The van der Waals surface area contributed by atoms with E-state index in [9.17, 15) is 0 Å². The van der Waals surface area contributed by atoms with Crippen LogP contribution in [0.1, 0.15) is 26.2 Å². The molecule has 3 nitrogen and oxygen atoms in total. The Kier molecular flexibility index (Phi) is 9.16. The molecule has 0 aromatic rings. The van der Waals surface area contributed by atoms with Gasteiger partial charge >= 0.3 is 0 Å². The van der Waals surface area contributed by atoms with E-state index < -0.39 is 0 Å². The van der Waals surface area contributed by atoms with Crippen LogP contribution in [0.2, 0.25) is 0 Å². The minimum atomic E-state index is 0.711. The summed E-state index contributed by atoms with van der Waals surface area (Å²) in [7, 11) is 1.74. The highest BCUT2D eigenvalue weighted by atomic mass is 32.2. The lowest BCUT2D eigenvalue weighted by Gasteiger charge is -2.19. The summed E-state index contributed by atoms with van der Waals surface area (Å²) in [5, 5.41) is 3.65. The molecule has 4 heteroatoms. The Morgan fingerprint density at radius 1 is 1.24 bits per heavy atom. The summed E-state index contributed by atoms with van der Waals surface area (Å²) in [4.78, 5) is 0. The smallest absolute Gasteiger partial charge is 0.0487 e. The summed E-state index contributed by atoms with van der Waals surface area (Å²) in [5.74, 6) is 3.37. The van der Waals surface area contributed by atoms with Crippen LogP contribution in [0.15, 0.2) is 0 Å². The van der Waals surface area contributed by atoms with Gasteiger partial charge in [0.15, 0.2) is 0 Å². The summed E-state index contributed by atoms with van der Waals surface area (Å²) in [5.41, 5.74) is 0. The van der Waals surface area contributed by atoms with E-state index in [2.05, 4.69) is 24.0 Å². The van der Waals surface area contributed by atoms with E-state index in [1.807, 2.05) is 0 Å². The zero-order chi connectivity index (χ0) is 12.3. The first-order valence-electron chi connectivity index (χ1n) is 6.76. The molecule has 2 unspecified atom stereocenters. The normalized spacial score (nSPS) is 24.4. The Hall–Kier alpha value is 0.230. The SMILES string of the molecule is CCCNC1CSCC1CCOCCCOC. The Morgan fingerprint density at radius 3 is 2.88 bits per heavy atom. The van der Waals surface area contributed by atoms with E-state index in [0.717, 1.165) is 38.7 Å². The predicted octanol–water partition coefficient (Wildman–Crippen LogP) is 2.16. The van der Waals surface area contributed by atoms with Crippen molar-refractivity contribution < 1.29 is 9.47 Å². The second-order valence-corrected chi connectivity index (χ2v) is 5.68. The largest absolute Gasteiger partial charge is 0.385 e. The summed E-state index contributed by atoms with van der Waals surface area (Å²) >= 11 is 2.07. The van der Waals surface area contributed by atoms with Gasteiger partial charge in [0.05, 0.1) is 0 Å². The van der Waals surface area contributed by atoms with E-state index in [4.69, 9.17) is 9.47 Å². The van der Waals surface area contributed by atoms with Crippen LogP contribution < -0.4 is 5.32 Å². The predicted molar refractivity (Wildman–Crippen MR) is 74.8 cm³/mol. The number of hydrogen-bond donors (Lipinski definition) is 1. The average molecular weight is 261 g/mol. The Balaban J connectivity index is 2.00. The van der Waals surface area contributed by atoms with Gasteiger partial charge in [0.25, 0.3) is 0 Å². The number of methoxy groups -OCH3 is 1. The molecule has 1 fully saturated rings. The zero-order valence-corrected chi connectivity index (χ0v) is 12.1. The van der Waals surface area contributed by atoms with Gasteiger partial charge in [-0.1, -0.05) is 6.92 Å². The molecule has 1 heterocycles. The van der Waals surface area contributed by atoms with Crippen LogP contribution in [0.4, 0.5) is 0 Å². The maximum atomic E-state index is 5.63. The number of hydrogen-bond acceptors (Lipinski definition) is 4. The number of rotatable bonds is 10. The van der Waals surface area contributed by atoms with Gasteiger partial charge in [0.1, 0.15) is 0 Å². The van der Waals surface area contributed by atoms with Gasteiger partial charge in [-0.25, -0.2) is 0 Å². The van der Waals surface area contributed by atoms with E-state index in [-0.39, 0.29) is 0 Å². The summed E-state index contributed by atoms with van der Waals surface area (Å²) in [6.45, 7) is 5.92.